The Labute approximate surface area is 124 Å². The first-order valence-corrected chi connectivity index (χ1v) is 7.78. The third-order valence-corrected chi connectivity index (χ3v) is 4.87. The fourth-order valence-electron chi connectivity index (χ4n) is 2.31. The number of nitrogens with zero attached hydrogens (tertiary/aromatic N) is 3. The Balaban J connectivity index is 2.21. The van der Waals surface area contributed by atoms with E-state index in [-0.39, 0.29) is 5.41 Å². The van der Waals surface area contributed by atoms with Crippen molar-refractivity contribution < 1.29 is 9.90 Å². The molecule has 1 aliphatic heterocycles. The van der Waals surface area contributed by atoms with Gasteiger partial charge < -0.3 is 10.0 Å². The largest absolute Gasteiger partial charge is 0.480 e. The minimum atomic E-state index is -0.805. The van der Waals surface area contributed by atoms with Gasteiger partial charge in [-0.3, -0.25) is 9.69 Å². The van der Waals surface area contributed by atoms with E-state index in [2.05, 4.69) is 37.7 Å². The van der Waals surface area contributed by atoms with Crippen LogP contribution in [-0.4, -0.2) is 59.1 Å². The molecule has 0 spiro atoms. The van der Waals surface area contributed by atoms with E-state index < -0.39 is 12.0 Å². The maximum absolute atomic E-state index is 11.6. The molecule has 2 heterocycles. The summed E-state index contributed by atoms with van der Waals surface area (Å²) in [5.74, 6) is -0.805. The second-order valence-corrected chi connectivity index (χ2v) is 7.27. The predicted octanol–water partition coefficient (Wildman–Crippen LogP) is 1.81. The highest BCUT2D eigenvalue weighted by atomic mass is 32.1. The summed E-state index contributed by atoms with van der Waals surface area (Å²) in [6.07, 6.45) is 0. The molecule has 1 N–H and O–H groups in total. The Kier molecular flexibility index (Phi) is 4.46. The highest BCUT2D eigenvalue weighted by molar-refractivity contribution is 7.09. The van der Waals surface area contributed by atoms with Crippen LogP contribution in [0.3, 0.4) is 0 Å². The van der Waals surface area contributed by atoms with Crippen LogP contribution in [0.2, 0.25) is 0 Å². The monoisotopic (exact) mass is 297 g/mol. The maximum atomic E-state index is 11.6. The summed E-state index contributed by atoms with van der Waals surface area (Å²) >= 11 is 1.56. The van der Waals surface area contributed by atoms with Crippen LogP contribution in [0, 0.1) is 0 Å². The van der Waals surface area contributed by atoms with E-state index in [1.807, 2.05) is 10.3 Å². The van der Waals surface area contributed by atoms with Crippen LogP contribution in [0.1, 0.15) is 37.5 Å². The first kappa shape index (κ1) is 15.4. The van der Waals surface area contributed by atoms with Gasteiger partial charge in [0.05, 0.1) is 10.7 Å². The van der Waals surface area contributed by atoms with Crippen LogP contribution in [0.25, 0.3) is 0 Å². The lowest BCUT2D eigenvalue weighted by Crippen LogP contribution is -2.47. The van der Waals surface area contributed by atoms with Crippen molar-refractivity contribution in [3.05, 3.63) is 16.1 Å². The van der Waals surface area contributed by atoms with Crippen molar-refractivity contribution in [1.29, 1.82) is 0 Å². The van der Waals surface area contributed by atoms with Crippen LogP contribution < -0.4 is 0 Å². The number of aromatic nitrogens is 1. The van der Waals surface area contributed by atoms with Crippen LogP contribution >= 0.6 is 11.3 Å². The van der Waals surface area contributed by atoms with Gasteiger partial charge in [-0.25, -0.2) is 4.98 Å². The zero-order valence-electron chi connectivity index (χ0n) is 12.6. The molecule has 112 valence electrons. The third kappa shape index (κ3) is 3.37. The average molecular weight is 297 g/mol. The van der Waals surface area contributed by atoms with Gasteiger partial charge in [-0.1, -0.05) is 20.8 Å². The maximum Gasteiger partial charge on any atom is 0.327 e. The van der Waals surface area contributed by atoms with Crippen molar-refractivity contribution in [1.82, 2.24) is 14.8 Å². The topological polar surface area (TPSA) is 56.7 Å². The average Bonchev–Trinajstić information content (AvgIpc) is 2.80. The molecule has 1 atom stereocenters. The van der Waals surface area contributed by atoms with Crippen LogP contribution in [0.15, 0.2) is 5.38 Å². The molecule has 2 rings (SSSR count). The molecular formula is C14H23N3O2S. The molecule has 1 unspecified atom stereocenters. The number of likely N-dealkylation sites (N-methyl/N-ethyl adjacent to an activating group) is 1. The lowest BCUT2D eigenvalue weighted by molar-refractivity contribution is -0.144. The zero-order valence-corrected chi connectivity index (χ0v) is 13.4. The van der Waals surface area contributed by atoms with Crippen LogP contribution in [0.5, 0.6) is 0 Å². The van der Waals surface area contributed by atoms with E-state index >= 15 is 0 Å². The molecule has 1 aromatic heterocycles. The quantitative estimate of drug-likeness (QED) is 0.922. The zero-order chi connectivity index (χ0) is 14.9. The second-order valence-electron chi connectivity index (χ2n) is 6.41. The van der Waals surface area contributed by atoms with Gasteiger partial charge in [-0.15, -0.1) is 11.3 Å². The lowest BCUT2D eigenvalue weighted by Gasteiger charge is -2.35. The summed E-state index contributed by atoms with van der Waals surface area (Å²) < 4.78 is 0. The molecule has 0 aromatic carbocycles. The second kappa shape index (κ2) is 5.79. The van der Waals surface area contributed by atoms with Gasteiger partial charge in [0.25, 0.3) is 0 Å². The Bertz CT molecular complexity index is 473. The summed E-state index contributed by atoms with van der Waals surface area (Å²) in [5, 5.41) is 12.5. The van der Waals surface area contributed by atoms with E-state index in [0.717, 1.165) is 31.2 Å². The van der Waals surface area contributed by atoms with E-state index in [1.165, 1.54) is 0 Å². The lowest BCUT2D eigenvalue weighted by atomic mass is 9.98. The van der Waals surface area contributed by atoms with Gasteiger partial charge in [0.15, 0.2) is 6.04 Å². The van der Waals surface area contributed by atoms with Gasteiger partial charge in [-0.2, -0.15) is 0 Å². The van der Waals surface area contributed by atoms with Crippen molar-refractivity contribution in [2.45, 2.75) is 32.2 Å². The molecule has 0 amide bonds. The molecule has 0 saturated carbocycles. The molecule has 1 fully saturated rings. The van der Waals surface area contributed by atoms with Crippen LogP contribution in [-0.2, 0) is 10.2 Å². The summed E-state index contributed by atoms with van der Waals surface area (Å²) in [6, 6.07) is -0.615. The van der Waals surface area contributed by atoms with Crippen molar-refractivity contribution in [2.24, 2.45) is 0 Å². The van der Waals surface area contributed by atoms with Crippen molar-refractivity contribution in [2.75, 3.05) is 33.2 Å². The number of hydrogen-bond acceptors (Lipinski definition) is 5. The Morgan fingerprint density at radius 1 is 1.35 bits per heavy atom. The molecule has 1 saturated heterocycles. The fourth-order valence-corrected chi connectivity index (χ4v) is 3.23. The summed E-state index contributed by atoms with van der Waals surface area (Å²) in [4.78, 5) is 20.5. The molecule has 1 aromatic rings. The first-order chi connectivity index (χ1) is 9.29. The SMILES string of the molecule is CN1CCN(C(C(=O)O)c2csc(C(C)(C)C)n2)CC1. The van der Waals surface area contributed by atoms with E-state index in [4.69, 9.17) is 0 Å². The van der Waals surface area contributed by atoms with Gasteiger partial charge in [-0.05, 0) is 7.05 Å². The smallest absolute Gasteiger partial charge is 0.327 e. The normalized spacial score (nSPS) is 20.0. The number of carboxylic acids is 1. The molecule has 6 heteroatoms. The van der Waals surface area contributed by atoms with E-state index in [0.29, 0.717) is 5.69 Å². The summed E-state index contributed by atoms with van der Waals surface area (Å²) in [7, 11) is 2.06. The minimum absolute atomic E-state index is 0.0336. The number of hydrogen-bond donors (Lipinski definition) is 1. The fraction of sp³-hybridized carbons (Fsp3) is 0.714. The Hall–Kier alpha value is -0.980. The molecule has 0 radical (unpaired) electrons. The van der Waals surface area contributed by atoms with Gasteiger partial charge >= 0.3 is 5.97 Å². The number of piperazine rings is 1. The van der Waals surface area contributed by atoms with Crippen molar-refractivity contribution in [3.63, 3.8) is 0 Å². The number of thiazole rings is 1. The van der Waals surface area contributed by atoms with Crippen LogP contribution in [0.4, 0.5) is 0 Å². The Morgan fingerprint density at radius 3 is 2.40 bits per heavy atom. The number of aliphatic carboxylic acids is 1. The molecule has 5 nitrogen and oxygen atoms in total. The third-order valence-electron chi connectivity index (χ3n) is 3.58. The number of carbonyl (C=O) groups is 1. The van der Waals surface area contributed by atoms with Crippen molar-refractivity contribution >= 4 is 17.3 Å². The van der Waals surface area contributed by atoms with E-state index in [9.17, 15) is 9.90 Å². The summed E-state index contributed by atoms with van der Waals surface area (Å²) in [5.41, 5.74) is 0.644. The Morgan fingerprint density at radius 2 is 1.95 bits per heavy atom. The standard InChI is InChI=1S/C14H23N3O2S/c1-14(2,3)13-15-10(9-20-13)11(12(18)19)17-7-5-16(4)6-8-17/h9,11H,5-8H2,1-4H3,(H,18,19). The molecular weight excluding hydrogens is 274 g/mol. The van der Waals surface area contributed by atoms with E-state index in [1.54, 1.807) is 11.3 Å². The minimum Gasteiger partial charge on any atom is -0.480 e. The molecule has 1 aliphatic rings. The highest BCUT2D eigenvalue weighted by Crippen LogP contribution is 2.30. The van der Waals surface area contributed by atoms with Gasteiger partial charge in [0.1, 0.15) is 0 Å². The first-order valence-electron chi connectivity index (χ1n) is 6.90. The predicted molar refractivity (Wildman–Crippen MR) is 80.3 cm³/mol. The van der Waals surface area contributed by atoms with Gasteiger partial charge in [0.2, 0.25) is 0 Å². The molecule has 0 aliphatic carbocycles. The number of carboxylic acid groups (broad SMARTS) is 1. The van der Waals surface area contributed by atoms with Gasteiger partial charge in [0, 0.05) is 37.0 Å². The summed E-state index contributed by atoms with van der Waals surface area (Å²) in [6.45, 7) is 9.65. The molecule has 20 heavy (non-hydrogen) atoms. The number of rotatable bonds is 3. The molecule has 0 bridgehead atoms. The highest BCUT2D eigenvalue weighted by Gasteiger charge is 2.32. The van der Waals surface area contributed by atoms with Crippen molar-refractivity contribution in [3.8, 4) is 0 Å².